The number of aliphatic carboxylic acids is 1. The number of methoxy groups -OCH3 is 1. The summed E-state index contributed by atoms with van der Waals surface area (Å²) in [5.41, 5.74) is 2.07. The smallest absolute Gasteiger partial charge is 0.326 e. The zero-order chi connectivity index (χ0) is 23.8. The van der Waals surface area contributed by atoms with E-state index in [1.807, 2.05) is 4.90 Å². The van der Waals surface area contributed by atoms with Gasteiger partial charge >= 0.3 is 12.0 Å². The largest absolute Gasteiger partial charge is 0.481 e. The maximum atomic E-state index is 13.1. The number of amides is 2. The van der Waals surface area contributed by atoms with Crippen LogP contribution in [0.25, 0.3) is 0 Å². The van der Waals surface area contributed by atoms with Crippen LogP contribution in [0.1, 0.15) is 56.8 Å². The molecule has 0 atom stereocenters. The fourth-order valence-corrected chi connectivity index (χ4v) is 4.79. The minimum atomic E-state index is -0.833. The second-order valence-corrected chi connectivity index (χ2v) is 8.81. The first-order valence-electron chi connectivity index (χ1n) is 11.8. The lowest BCUT2D eigenvalue weighted by Crippen LogP contribution is -2.41. The lowest BCUT2D eigenvalue weighted by Gasteiger charge is -2.34. The lowest BCUT2D eigenvalue weighted by molar-refractivity contribution is -0.141. The standard InChI is InChI=1S/C21H31N5O3.C2H4O2/c1-29-20(27)7-4-15-2-5-16(6-3-15)25-12-13-26(21(25)28)19-14-23-17-8-10-22-11-9-18(17)24-19;1-2(3)4/h14-16,22H,2-13H2,1H3;1H3,(H,3,4). The van der Waals surface area contributed by atoms with E-state index >= 15 is 0 Å². The molecule has 1 aromatic heterocycles. The summed E-state index contributed by atoms with van der Waals surface area (Å²) in [7, 11) is 1.44. The van der Waals surface area contributed by atoms with E-state index in [1.165, 1.54) is 7.11 Å². The minimum absolute atomic E-state index is 0.0593. The van der Waals surface area contributed by atoms with E-state index in [-0.39, 0.29) is 12.0 Å². The Labute approximate surface area is 194 Å². The van der Waals surface area contributed by atoms with Gasteiger partial charge in [0.1, 0.15) is 0 Å². The van der Waals surface area contributed by atoms with Crippen molar-refractivity contribution in [2.75, 3.05) is 38.2 Å². The van der Waals surface area contributed by atoms with E-state index in [9.17, 15) is 9.59 Å². The molecule has 0 bridgehead atoms. The van der Waals surface area contributed by atoms with Gasteiger partial charge in [-0.25, -0.2) is 9.78 Å². The van der Waals surface area contributed by atoms with Gasteiger partial charge < -0.3 is 20.1 Å². The predicted molar refractivity (Wildman–Crippen MR) is 122 cm³/mol. The monoisotopic (exact) mass is 461 g/mol. The maximum absolute atomic E-state index is 13.1. The normalized spacial score (nSPS) is 22.7. The van der Waals surface area contributed by atoms with E-state index in [0.717, 1.165) is 82.9 Å². The molecular formula is C23H35N5O5. The van der Waals surface area contributed by atoms with E-state index in [0.29, 0.717) is 30.7 Å². The maximum Gasteiger partial charge on any atom is 0.326 e. The summed E-state index contributed by atoms with van der Waals surface area (Å²) < 4.78 is 4.74. The molecule has 4 rings (SSSR count). The number of hydrogen-bond donors (Lipinski definition) is 2. The summed E-state index contributed by atoms with van der Waals surface area (Å²) in [6.07, 6.45) is 9.04. The van der Waals surface area contributed by atoms with Crippen LogP contribution >= 0.6 is 0 Å². The first-order chi connectivity index (χ1) is 15.9. The van der Waals surface area contributed by atoms with Crippen molar-refractivity contribution in [3.63, 3.8) is 0 Å². The van der Waals surface area contributed by atoms with Crippen LogP contribution in [-0.2, 0) is 27.2 Å². The Kier molecular flexibility index (Phi) is 8.99. The summed E-state index contributed by atoms with van der Waals surface area (Å²) >= 11 is 0. The van der Waals surface area contributed by atoms with Gasteiger partial charge in [-0.05, 0) is 38.0 Å². The SMILES string of the molecule is CC(=O)O.COC(=O)CCC1CCC(N2CCN(c3cnc4c(n3)CCNCC4)C2=O)CC1. The molecule has 10 heteroatoms. The number of carbonyl (C=O) groups is 3. The number of carbonyl (C=O) groups excluding carboxylic acids is 2. The molecule has 1 aliphatic carbocycles. The number of urea groups is 1. The van der Waals surface area contributed by atoms with Crippen LogP contribution in [0.5, 0.6) is 0 Å². The quantitative estimate of drug-likeness (QED) is 0.638. The molecule has 3 aliphatic rings. The van der Waals surface area contributed by atoms with Crippen molar-refractivity contribution in [1.29, 1.82) is 0 Å². The van der Waals surface area contributed by atoms with Gasteiger partial charge in [-0.2, -0.15) is 0 Å². The highest BCUT2D eigenvalue weighted by Gasteiger charge is 2.37. The average molecular weight is 462 g/mol. The second kappa shape index (κ2) is 11.9. The van der Waals surface area contributed by atoms with Crippen molar-refractivity contribution in [2.45, 2.75) is 64.3 Å². The number of carboxylic acids is 1. The Morgan fingerprint density at radius 2 is 1.82 bits per heavy atom. The molecule has 2 fully saturated rings. The number of ether oxygens (including phenoxy) is 1. The number of nitrogens with one attached hydrogen (secondary N) is 1. The number of rotatable bonds is 5. The van der Waals surface area contributed by atoms with E-state index in [4.69, 9.17) is 19.6 Å². The molecule has 0 aromatic carbocycles. The number of nitrogens with zero attached hydrogens (tertiary/aromatic N) is 4. The summed E-state index contributed by atoms with van der Waals surface area (Å²) in [5, 5.41) is 10.8. The van der Waals surface area contributed by atoms with Crippen LogP contribution in [0.2, 0.25) is 0 Å². The van der Waals surface area contributed by atoms with Gasteiger partial charge in [0.15, 0.2) is 5.82 Å². The van der Waals surface area contributed by atoms with E-state index < -0.39 is 5.97 Å². The third-order valence-electron chi connectivity index (χ3n) is 6.55. The number of carboxylic acid groups (broad SMARTS) is 1. The van der Waals surface area contributed by atoms with Crippen LogP contribution in [0.3, 0.4) is 0 Å². The van der Waals surface area contributed by atoms with Crippen LogP contribution in [0.4, 0.5) is 10.6 Å². The van der Waals surface area contributed by atoms with Gasteiger partial charge in [0.25, 0.3) is 5.97 Å². The Balaban J connectivity index is 0.000000709. The highest BCUT2D eigenvalue weighted by molar-refractivity contribution is 5.93. The molecule has 3 heterocycles. The molecule has 0 radical (unpaired) electrons. The highest BCUT2D eigenvalue weighted by atomic mass is 16.5. The lowest BCUT2D eigenvalue weighted by atomic mass is 9.83. The fourth-order valence-electron chi connectivity index (χ4n) is 4.79. The molecule has 2 aliphatic heterocycles. The topological polar surface area (TPSA) is 125 Å². The van der Waals surface area contributed by atoms with Gasteiger partial charge in [0.05, 0.1) is 24.7 Å². The van der Waals surface area contributed by atoms with Gasteiger partial charge in [-0.1, -0.05) is 0 Å². The summed E-state index contributed by atoms with van der Waals surface area (Å²) in [6, 6.07) is 0.351. The van der Waals surface area contributed by atoms with E-state index in [2.05, 4.69) is 10.3 Å². The molecule has 10 nitrogen and oxygen atoms in total. The summed E-state index contributed by atoms with van der Waals surface area (Å²) in [6.45, 7) is 4.34. The van der Waals surface area contributed by atoms with Crippen LogP contribution in [-0.4, -0.2) is 77.3 Å². The number of fused-ring (bicyclic) bond motifs is 1. The van der Waals surface area contributed by atoms with E-state index in [1.54, 1.807) is 11.1 Å². The van der Waals surface area contributed by atoms with Crippen LogP contribution in [0, 0.1) is 5.92 Å². The Morgan fingerprint density at radius 1 is 1.15 bits per heavy atom. The Bertz CT molecular complexity index is 837. The van der Waals surface area contributed by atoms with Crippen molar-refractivity contribution in [1.82, 2.24) is 20.2 Å². The number of anilines is 1. The first kappa shape index (κ1) is 24.9. The second-order valence-electron chi connectivity index (χ2n) is 8.81. The van der Waals surface area contributed by atoms with Crippen molar-refractivity contribution < 1.29 is 24.2 Å². The third-order valence-corrected chi connectivity index (χ3v) is 6.55. The molecule has 1 saturated heterocycles. The molecule has 0 unspecified atom stereocenters. The zero-order valence-electron chi connectivity index (χ0n) is 19.6. The fraction of sp³-hybridized carbons (Fsp3) is 0.696. The third kappa shape index (κ3) is 6.86. The number of hydrogen-bond acceptors (Lipinski definition) is 7. The molecule has 182 valence electrons. The Morgan fingerprint density at radius 3 is 2.48 bits per heavy atom. The summed E-state index contributed by atoms with van der Waals surface area (Å²) in [5.74, 6) is 0.281. The number of esters is 1. The zero-order valence-corrected chi connectivity index (χ0v) is 19.6. The van der Waals surface area contributed by atoms with Crippen molar-refractivity contribution in [3.8, 4) is 0 Å². The van der Waals surface area contributed by atoms with Crippen molar-refractivity contribution >= 4 is 23.8 Å². The van der Waals surface area contributed by atoms with Gasteiger partial charge in [0, 0.05) is 58.4 Å². The van der Waals surface area contributed by atoms with Crippen molar-refractivity contribution in [3.05, 3.63) is 17.6 Å². The highest BCUT2D eigenvalue weighted by Crippen LogP contribution is 2.33. The molecule has 1 aromatic rings. The molecule has 0 spiro atoms. The average Bonchev–Trinajstić information content (AvgIpc) is 3.03. The van der Waals surface area contributed by atoms with Crippen LogP contribution < -0.4 is 10.2 Å². The Hall–Kier alpha value is -2.75. The molecule has 1 saturated carbocycles. The molecular weight excluding hydrogens is 426 g/mol. The molecule has 33 heavy (non-hydrogen) atoms. The molecule has 2 amide bonds. The van der Waals surface area contributed by atoms with Gasteiger partial charge in [-0.15, -0.1) is 0 Å². The van der Waals surface area contributed by atoms with Gasteiger partial charge in [-0.3, -0.25) is 19.5 Å². The molecule has 2 N–H and O–H groups in total. The minimum Gasteiger partial charge on any atom is -0.481 e. The van der Waals surface area contributed by atoms with Gasteiger partial charge in [0.2, 0.25) is 0 Å². The van der Waals surface area contributed by atoms with Crippen LogP contribution in [0.15, 0.2) is 6.20 Å². The van der Waals surface area contributed by atoms with Crippen molar-refractivity contribution in [2.24, 2.45) is 5.92 Å². The first-order valence-corrected chi connectivity index (χ1v) is 11.8. The summed E-state index contributed by atoms with van der Waals surface area (Å²) in [4.78, 5) is 46.6. The number of aromatic nitrogens is 2. The predicted octanol–water partition coefficient (Wildman–Crippen LogP) is 2.01.